The molecule has 0 saturated carbocycles. The van der Waals surface area contributed by atoms with Gasteiger partial charge in [-0.2, -0.15) is 0 Å². The summed E-state index contributed by atoms with van der Waals surface area (Å²) in [5, 5.41) is 0.638. The van der Waals surface area contributed by atoms with Crippen LogP contribution in [0.1, 0.15) is 35.3 Å². The second-order valence-electron chi connectivity index (χ2n) is 7.25. The Labute approximate surface area is 159 Å². The fraction of sp³-hybridized carbons (Fsp3) is 0.348. The highest BCUT2D eigenvalue weighted by molar-refractivity contribution is 5.83. The zero-order valence-corrected chi connectivity index (χ0v) is 16.0. The summed E-state index contributed by atoms with van der Waals surface area (Å²) >= 11 is 0. The Hall–Kier alpha value is -2.59. The number of nitrogens with zero attached hydrogens (tertiary/aromatic N) is 1. The van der Waals surface area contributed by atoms with Crippen LogP contribution < -0.4 is 10.2 Å². The van der Waals surface area contributed by atoms with Crippen LogP contribution in [0.25, 0.3) is 11.0 Å². The van der Waals surface area contributed by atoms with E-state index in [4.69, 9.17) is 9.15 Å². The number of methoxy groups -OCH3 is 1. The highest BCUT2D eigenvalue weighted by Gasteiger charge is 2.20. The average molecular weight is 363 g/mol. The molecule has 1 aromatic heterocycles. The van der Waals surface area contributed by atoms with E-state index in [-0.39, 0.29) is 5.43 Å². The van der Waals surface area contributed by atoms with Gasteiger partial charge in [-0.1, -0.05) is 30.3 Å². The van der Waals surface area contributed by atoms with E-state index in [1.165, 1.54) is 12.8 Å². The fourth-order valence-corrected chi connectivity index (χ4v) is 3.89. The molecule has 0 unspecified atom stereocenters. The van der Waals surface area contributed by atoms with Crippen molar-refractivity contribution in [2.75, 3.05) is 20.2 Å². The van der Waals surface area contributed by atoms with E-state index in [9.17, 15) is 4.79 Å². The summed E-state index contributed by atoms with van der Waals surface area (Å²) in [5.41, 5.74) is 3.51. The van der Waals surface area contributed by atoms with Crippen molar-refractivity contribution in [3.8, 4) is 5.75 Å². The van der Waals surface area contributed by atoms with Gasteiger partial charge in [0.1, 0.15) is 17.1 Å². The summed E-state index contributed by atoms with van der Waals surface area (Å²) in [6.45, 7) is 4.75. The molecule has 1 saturated heterocycles. The van der Waals surface area contributed by atoms with Crippen molar-refractivity contribution >= 4 is 11.0 Å². The molecule has 0 amide bonds. The van der Waals surface area contributed by atoms with Crippen molar-refractivity contribution in [3.05, 3.63) is 75.1 Å². The van der Waals surface area contributed by atoms with Gasteiger partial charge in [0.25, 0.3) is 0 Å². The molecule has 0 atom stereocenters. The molecule has 1 aliphatic rings. The van der Waals surface area contributed by atoms with Gasteiger partial charge in [0.2, 0.25) is 0 Å². The van der Waals surface area contributed by atoms with Gasteiger partial charge in [0.15, 0.2) is 5.43 Å². The molecule has 27 heavy (non-hydrogen) atoms. The molecule has 3 aromatic rings. The molecule has 2 heterocycles. The zero-order valence-electron chi connectivity index (χ0n) is 16.0. The maximum absolute atomic E-state index is 13.0. The highest BCUT2D eigenvalue weighted by Crippen LogP contribution is 2.30. The summed E-state index contributed by atoms with van der Waals surface area (Å²) in [7, 11) is 1.67. The smallest absolute Gasteiger partial charge is 0.195 e. The van der Waals surface area contributed by atoms with Crippen LogP contribution in [0.3, 0.4) is 0 Å². The molecule has 1 fully saturated rings. The van der Waals surface area contributed by atoms with Gasteiger partial charge in [0.05, 0.1) is 18.1 Å². The second kappa shape index (κ2) is 7.57. The fourth-order valence-electron chi connectivity index (χ4n) is 3.89. The number of fused-ring (bicyclic) bond motifs is 1. The van der Waals surface area contributed by atoms with E-state index in [1.807, 2.05) is 37.3 Å². The lowest BCUT2D eigenvalue weighted by atomic mass is 10.0. The Morgan fingerprint density at radius 2 is 1.81 bits per heavy atom. The van der Waals surface area contributed by atoms with Crippen LogP contribution in [0.15, 0.2) is 51.7 Å². The molecule has 0 radical (unpaired) electrons. The maximum Gasteiger partial charge on any atom is 0.195 e. The largest absolute Gasteiger partial charge is 0.496 e. The van der Waals surface area contributed by atoms with Crippen LogP contribution in [0.2, 0.25) is 0 Å². The Bertz CT molecular complexity index is 1000. The van der Waals surface area contributed by atoms with Gasteiger partial charge in [-0.15, -0.1) is 0 Å². The Kier molecular flexibility index (Phi) is 4.99. The van der Waals surface area contributed by atoms with Gasteiger partial charge in [-0.3, -0.25) is 9.69 Å². The molecule has 0 spiro atoms. The van der Waals surface area contributed by atoms with Crippen molar-refractivity contribution in [1.82, 2.24) is 4.90 Å². The third-order valence-electron chi connectivity index (χ3n) is 5.45. The topological polar surface area (TPSA) is 42.7 Å². The summed E-state index contributed by atoms with van der Waals surface area (Å²) < 4.78 is 12.0. The first-order valence-electron chi connectivity index (χ1n) is 9.56. The minimum Gasteiger partial charge on any atom is -0.496 e. The molecule has 0 bridgehead atoms. The maximum atomic E-state index is 13.0. The first-order chi connectivity index (χ1) is 13.2. The third-order valence-corrected chi connectivity index (χ3v) is 5.45. The lowest BCUT2D eigenvalue weighted by Crippen LogP contribution is -2.20. The lowest BCUT2D eigenvalue weighted by molar-refractivity contribution is 0.320. The summed E-state index contributed by atoms with van der Waals surface area (Å²) in [6, 6.07) is 13.8. The molecule has 2 aromatic carbocycles. The van der Waals surface area contributed by atoms with E-state index in [1.54, 1.807) is 7.11 Å². The molecular weight excluding hydrogens is 338 g/mol. The number of rotatable bonds is 5. The van der Waals surface area contributed by atoms with Crippen LogP contribution in [0, 0.1) is 6.92 Å². The Morgan fingerprint density at radius 3 is 2.52 bits per heavy atom. The number of ether oxygens (including phenoxy) is 1. The van der Waals surface area contributed by atoms with Gasteiger partial charge in [0, 0.05) is 18.5 Å². The summed E-state index contributed by atoms with van der Waals surface area (Å²) in [5.74, 6) is 1.52. The van der Waals surface area contributed by atoms with E-state index >= 15 is 0 Å². The van der Waals surface area contributed by atoms with Crippen molar-refractivity contribution < 1.29 is 9.15 Å². The van der Waals surface area contributed by atoms with E-state index in [0.717, 1.165) is 42.3 Å². The summed E-state index contributed by atoms with van der Waals surface area (Å²) in [4.78, 5) is 15.4. The third kappa shape index (κ3) is 3.50. The van der Waals surface area contributed by atoms with Crippen LogP contribution in [-0.4, -0.2) is 25.1 Å². The normalized spacial score (nSPS) is 14.7. The van der Waals surface area contributed by atoms with Crippen LogP contribution >= 0.6 is 0 Å². The van der Waals surface area contributed by atoms with Crippen molar-refractivity contribution in [1.29, 1.82) is 0 Å². The van der Waals surface area contributed by atoms with Crippen molar-refractivity contribution in [2.45, 2.75) is 32.7 Å². The number of likely N-dealkylation sites (tertiary alicyclic amines) is 1. The van der Waals surface area contributed by atoms with E-state index in [2.05, 4.69) is 17.0 Å². The predicted molar refractivity (Wildman–Crippen MR) is 108 cm³/mol. The molecule has 4 heteroatoms. The molecule has 0 N–H and O–H groups in total. The zero-order chi connectivity index (χ0) is 18.8. The number of hydrogen-bond donors (Lipinski definition) is 0. The quantitative estimate of drug-likeness (QED) is 0.678. The van der Waals surface area contributed by atoms with Crippen molar-refractivity contribution in [3.63, 3.8) is 0 Å². The standard InChI is InChI=1S/C23H25NO3/c1-16-21(14-17-8-4-3-5-9-17)27-23-18(22(16)25)10-11-20(26-2)19(23)15-24-12-6-7-13-24/h3-5,8-11H,6-7,12-15H2,1-2H3. The minimum atomic E-state index is 0.0486. The predicted octanol–water partition coefficient (Wildman–Crippen LogP) is 4.30. The SMILES string of the molecule is COc1ccc2c(=O)c(C)c(Cc3ccccc3)oc2c1CN1CCCC1. The van der Waals surface area contributed by atoms with Gasteiger partial charge in [-0.05, 0) is 50.6 Å². The highest BCUT2D eigenvalue weighted by atomic mass is 16.5. The first kappa shape index (κ1) is 17.8. The Morgan fingerprint density at radius 1 is 1.07 bits per heavy atom. The van der Waals surface area contributed by atoms with Crippen LogP contribution in [-0.2, 0) is 13.0 Å². The molecule has 4 nitrogen and oxygen atoms in total. The summed E-state index contributed by atoms with van der Waals surface area (Å²) in [6.07, 6.45) is 3.04. The molecule has 0 aliphatic carbocycles. The number of hydrogen-bond acceptors (Lipinski definition) is 4. The number of benzene rings is 2. The van der Waals surface area contributed by atoms with Gasteiger partial charge >= 0.3 is 0 Å². The van der Waals surface area contributed by atoms with Crippen LogP contribution in [0.5, 0.6) is 5.75 Å². The minimum absolute atomic E-state index is 0.0486. The van der Waals surface area contributed by atoms with E-state index < -0.39 is 0 Å². The van der Waals surface area contributed by atoms with Crippen molar-refractivity contribution in [2.24, 2.45) is 0 Å². The molecule has 140 valence electrons. The van der Waals surface area contributed by atoms with Gasteiger partial charge < -0.3 is 9.15 Å². The second-order valence-corrected chi connectivity index (χ2v) is 7.25. The molecule has 1 aliphatic heterocycles. The van der Waals surface area contributed by atoms with E-state index in [0.29, 0.717) is 23.0 Å². The average Bonchev–Trinajstić information content (AvgIpc) is 3.20. The molecular formula is C23H25NO3. The first-order valence-corrected chi connectivity index (χ1v) is 9.56. The molecule has 4 rings (SSSR count). The Balaban J connectivity index is 1.85. The van der Waals surface area contributed by atoms with Gasteiger partial charge in [-0.25, -0.2) is 0 Å². The monoisotopic (exact) mass is 363 g/mol. The van der Waals surface area contributed by atoms with Crippen LogP contribution in [0.4, 0.5) is 0 Å². The lowest BCUT2D eigenvalue weighted by Gasteiger charge is -2.19.